The van der Waals surface area contributed by atoms with Crippen molar-refractivity contribution in [2.45, 2.75) is 26.3 Å². The molecule has 0 aliphatic rings. The molecule has 0 aliphatic carbocycles. The van der Waals surface area contributed by atoms with Crippen molar-refractivity contribution in [3.05, 3.63) is 46.9 Å². The van der Waals surface area contributed by atoms with E-state index in [0.29, 0.717) is 12.4 Å². The number of furan rings is 1. The SMILES string of the molecule is CC(C)c1ncc(Cl)c(C(=O)N(C)Cc2ccoc2)n1. The van der Waals surface area contributed by atoms with Crippen LogP contribution in [0.3, 0.4) is 0 Å². The van der Waals surface area contributed by atoms with Crippen LogP contribution in [0.15, 0.2) is 29.2 Å². The summed E-state index contributed by atoms with van der Waals surface area (Å²) in [5, 5.41) is 0.262. The Balaban J connectivity index is 2.21. The second kappa shape index (κ2) is 6.05. The van der Waals surface area contributed by atoms with Gasteiger partial charge in [-0.25, -0.2) is 9.97 Å². The van der Waals surface area contributed by atoms with E-state index in [2.05, 4.69) is 9.97 Å². The Bertz CT molecular complexity index is 596. The average Bonchev–Trinajstić information content (AvgIpc) is 2.91. The Morgan fingerprint density at radius 3 is 2.85 bits per heavy atom. The van der Waals surface area contributed by atoms with E-state index in [-0.39, 0.29) is 22.5 Å². The minimum atomic E-state index is -0.236. The zero-order valence-corrected chi connectivity index (χ0v) is 12.4. The predicted molar refractivity (Wildman–Crippen MR) is 75.6 cm³/mol. The van der Waals surface area contributed by atoms with Crippen molar-refractivity contribution in [1.82, 2.24) is 14.9 Å². The lowest BCUT2D eigenvalue weighted by Gasteiger charge is -2.17. The molecule has 0 unspecified atom stereocenters. The Hall–Kier alpha value is -1.88. The highest BCUT2D eigenvalue weighted by Crippen LogP contribution is 2.18. The maximum absolute atomic E-state index is 12.4. The zero-order chi connectivity index (χ0) is 14.7. The van der Waals surface area contributed by atoms with Crippen LogP contribution >= 0.6 is 11.6 Å². The summed E-state index contributed by atoms with van der Waals surface area (Å²) in [4.78, 5) is 22.3. The van der Waals surface area contributed by atoms with E-state index in [0.717, 1.165) is 5.56 Å². The first-order valence-electron chi connectivity index (χ1n) is 6.28. The summed E-state index contributed by atoms with van der Waals surface area (Å²) in [5.74, 6) is 0.507. The summed E-state index contributed by atoms with van der Waals surface area (Å²) in [6, 6.07) is 1.81. The third kappa shape index (κ3) is 3.17. The predicted octanol–water partition coefficient (Wildman–Crippen LogP) is 3.12. The number of aromatic nitrogens is 2. The molecule has 0 saturated heterocycles. The van der Waals surface area contributed by atoms with Crippen LogP contribution < -0.4 is 0 Å². The van der Waals surface area contributed by atoms with Gasteiger partial charge in [-0.05, 0) is 6.07 Å². The molecule has 2 aromatic heterocycles. The fourth-order valence-corrected chi connectivity index (χ4v) is 1.89. The second-order valence-electron chi connectivity index (χ2n) is 4.87. The monoisotopic (exact) mass is 293 g/mol. The Kier molecular flexibility index (Phi) is 4.39. The van der Waals surface area contributed by atoms with Crippen molar-refractivity contribution in [3.63, 3.8) is 0 Å². The van der Waals surface area contributed by atoms with Gasteiger partial charge in [0, 0.05) is 25.1 Å². The van der Waals surface area contributed by atoms with Crippen LogP contribution in [0.4, 0.5) is 0 Å². The van der Waals surface area contributed by atoms with E-state index < -0.39 is 0 Å². The highest BCUT2D eigenvalue weighted by atomic mass is 35.5. The van der Waals surface area contributed by atoms with Crippen molar-refractivity contribution in [2.75, 3.05) is 7.05 Å². The summed E-state index contributed by atoms with van der Waals surface area (Å²) < 4.78 is 4.99. The van der Waals surface area contributed by atoms with Gasteiger partial charge in [0.1, 0.15) is 5.82 Å². The highest BCUT2D eigenvalue weighted by molar-refractivity contribution is 6.33. The minimum absolute atomic E-state index is 0.137. The summed E-state index contributed by atoms with van der Waals surface area (Å²) >= 11 is 6.03. The Labute approximate surface area is 122 Å². The van der Waals surface area contributed by atoms with E-state index in [1.807, 2.05) is 19.9 Å². The zero-order valence-electron chi connectivity index (χ0n) is 11.6. The Morgan fingerprint density at radius 1 is 1.50 bits per heavy atom. The standard InChI is InChI=1S/C14H16ClN3O2/c1-9(2)13-16-6-11(15)12(17-13)14(19)18(3)7-10-4-5-20-8-10/h4-6,8-9H,7H2,1-3H3. The van der Waals surface area contributed by atoms with Gasteiger partial charge in [-0.3, -0.25) is 4.79 Å². The lowest BCUT2D eigenvalue weighted by atomic mass is 10.2. The van der Waals surface area contributed by atoms with Crippen LogP contribution in [-0.2, 0) is 6.54 Å². The van der Waals surface area contributed by atoms with Crippen LogP contribution in [0.25, 0.3) is 0 Å². The molecular weight excluding hydrogens is 278 g/mol. The van der Waals surface area contributed by atoms with Crippen LogP contribution in [0.1, 0.15) is 41.6 Å². The third-order valence-corrected chi connectivity index (χ3v) is 3.10. The lowest BCUT2D eigenvalue weighted by Crippen LogP contribution is -2.27. The van der Waals surface area contributed by atoms with Gasteiger partial charge in [0.05, 0.1) is 23.7 Å². The van der Waals surface area contributed by atoms with Crippen LogP contribution in [-0.4, -0.2) is 27.8 Å². The van der Waals surface area contributed by atoms with E-state index >= 15 is 0 Å². The Morgan fingerprint density at radius 2 is 2.25 bits per heavy atom. The number of hydrogen-bond acceptors (Lipinski definition) is 4. The molecule has 0 aliphatic heterocycles. The van der Waals surface area contributed by atoms with Gasteiger partial charge in [0.25, 0.3) is 5.91 Å². The molecule has 0 spiro atoms. The highest BCUT2D eigenvalue weighted by Gasteiger charge is 2.19. The number of hydrogen-bond donors (Lipinski definition) is 0. The van der Waals surface area contributed by atoms with Gasteiger partial charge in [-0.1, -0.05) is 25.4 Å². The lowest BCUT2D eigenvalue weighted by molar-refractivity contribution is 0.0778. The number of rotatable bonds is 4. The van der Waals surface area contributed by atoms with Crippen LogP contribution in [0.5, 0.6) is 0 Å². The largest absolute Gasteiger partial charge is 0.472 e. The third-order valence-electron chi connectivity index (χ3n) is 2.83. The molecule has 106 valence electrons. The van der Waals surface area contributed by atoms with Gasteiger partial charge in [-0.15, -0.1) is 0 Å². The summed E-state index contributed by atoms with van der Waals surface area (Å²) in [7, 11) is 1.70. The number of nitrogens with zero attached hydrogens (tertiary/aromatic N) is 3. The molecule has 0 saturated carbocycles. The molecule has 6 heteroatoms. The fourth-order valence-electron chi connectivity index (χ4n) is 1.72. The number of carbonyl (C=O) groups excluding carboxylic acids is 1. The number of carbonyl (C=O) groups is 1. The molecule has 0 bridgehead atoms. The molecular formula is C14H16ClN3O2. The van der Waals surface area contributed by atoms with Gasteiger partial charge >= 0.3 is 0 Å². The van der Waals surface area contributed by atoms with Gasteiger partial charge in [-0.2, -0.15) is 0 Å². The molecule has 0 radical (unpaired) electrons. The van der Waals surface area contributed by atoms with Crippen molar-refractivity contribution >= 4 is 17.5 Å². The average molecular weight is 294 g/mol. The van der Waals surface area contributed by atoms with Crippen molar-refractivity contribution in [1.29, 1.82) is 0 Å². The quantitative estimate of drug-likeness (QED) is 0.869. The van der Waals surface area contributed by atoms with Crippen molar-refractivity contribution in [2.24, 2.45) is 0 Å². The topological polar surface area (TPSA) is 59.2 Å². The number of halogens is 1. The maximum atomic E-state index is 12.4. The van der Waals surface area contributed by atoms with Crippen molar-refractivity contribution in [3.8, 4) is 0 Å². The molecule has 1 amide bonds. The van der Waals surface area contributed by atoms with Crippen LogP contribution in [0.2, 0.25) is 5.02 Å². The van der Waals surface area contributed by atoms with E-state index in [1.165, 1.54) is 6.20 Å². The molecule has 0 aromatic carbocycles. The minimum Gasteiger partial charge on any atom is -0.472 e. The molecule has 2 rings (SSSR count). The van der Waals surface area contributed by atoms with E-state index in [1.54, 1.807) is 24.5 Å². The van der Waals surface area contributed by atoms with E-state index in [4.69, 9.17) is 16.0 Å². The first-order valence-corrected chi connectivity index (χ1v) is 6.65. The van der Waals surface area contributed by atoms with Gasteiger partial charge in [0.15, 0.2) is 5.69 Å². The molecule has 0 fully saturated rings. The van der Waals surface area contributed by atoms with E-state index in [9.17, 15) is 4.79 Å². The first-order chi connectivity index (χ1) is 9.49. The summed E-state index contributed by atoms with van der Waals surface area (Å²) in [6.07, 6.45) is 4.65. The van der Waals surface area contributed by atoms with Gasteiger partial charge in [0.2, 0.25) is 0 Å². The molecule has 5 nitrogen and oxygen atoms in total. The van der Waals surface area contributed by atoms with Crippen molar-refractivity contribution < 1.29 is 9.21 Å². The molecule has 2 heterocycles. The van der Waals surface area contributed by atoms with Crippen LogP contribution in [0, 0.1) is 0 Å². The summed E-state index contributed by atoms with van der Waals surface area (Å²) in [6.45, 7) is 4.37. The molecule has 2 aromatic rings. The normalized spacial score (nSPS) is 10.8. The van der Waals surface area contributed by atoms with Gasteiger partial charge < -0.3 is 9.32 Å². The molecule has 20 heavy (non-hydrogen) atoms. The smallest absolute Gasteiger partial charge is 0.274 e. The fraction of sp³-hybridized carbons (Fsp3) is 0.357. The maximum Gasteiger partial charge on any atom is 0.274 e. The first kappa shape index (κ1) is 14.5. The second-order valence-corrected chi connectivity index (χ2v) is 5.28. The molecule has 0 atom stereocenters. The molecule has 0 N–H and O–H groups in total. The number of amides is 1. The summed E-state index contributed by atoms with van der Waals surface area (Å²) in [5.41, 5.74) is 1.14.